The van der Waals surface area contributed by atoms with E-state index in [1.54, 1.807) is 12.3 Å². The third-order valence-corrected chi connectivity index (χ3v) is 6.46. The fourth-order valence-corrected chi connectivity index (χ4v) is 4.43. The monoisotopic (exact) mass is 456 g/mol. The van der Waals surface area contributed by atoms with Gasteiger partial charge >= 0.3 is 0 Å². The van der Waals surface area contributed by atoms with Gasteiger partial charge in [0.25, 0.3) is 5.91 Å². The van der Waals surface area contributed by atoms with Crippen LogP contribution in [0.25, 0.3) is 0 Å². The van der Waals surface area contributed by atoms with Gasteiger partial charge in [-0.3, -0.25) is 4.79 Å². The minimum absolute atomic E-state index is 0.0168. The summed E-state index contributed by atoms with van der Waals surface area (Å²) in [4.78, 5) is 19.1. The van der Waals surface area contributed by atoms with Gasteiger partial charge in [0, 0.05) is 18.6 Å². The van der Waals surface area contributed by atoms with Crippen LogP contribution in [0.5, 0.6) is 0 Å². The van der Waals surface area contributed by atoms with E-state index in [2.05, 4.69) is 31.1 Å². The highest BCUT2D eigenvalue weighted by atomic mass is 79.9. The van der Waals surface area contributed by atoms with Crippen molar-refractivity contribution >= 4 is 27.5 Å². The molecule has 0 spiro atoms. The zero-order valence-corrected chi connectivity index (χ0v) is 17.7. The van der Waals surface area contributed by atoms with Crippen molar-refractivity contribution < 1.29 is 9.18 Å². The zero-order valence-electron chi connectivity index (χ0n) is 16.2. The van der Waals surface area contributed by atoms with Crippen molar-refractivity contribution in [1.82, 2.24) is 10.3 Å². The molecule has 2 atom stereocenters. The summed E-state index contributed by atoms with van der Waals surface area (Å²) in [5, 5.41) is 12.1. The van der Waals surface area contributed by atoms with Crippen molar-refractivity contribution in [1.29, 1.82) is 5.26 Å². The predicted octanol–water partition coefficient (Wildman–Crippen LogP) is 4.52. The predicted molar refractivity (Wildman–Crippen MR) is 112 cm³/mol. The number of pyridine rings is 1. The molecule has 29 heavy (non-hydrogen) atoms. The van der Waals surface area contributed by atoms with Crippen LogP contribution in [0.2, 0.25) is 0 Å². The van der Waals surface area contributed by atoms with Gasteiger partial charge in [-0.2, -0.15) is 5.26 Å². The first-order valence-electron chi connectivity index (χ1n) is 9.90. The van der Waals surface area contributed by atoms with Crippen LogP contribution in [0.4, 0.5) is 10.1 Å². The number of benzene rings is 1. The number of nitrogens with one attached hydrogen (secondary N) is 1. The van der Waals surface area contributed by atoms with Crippen LogP contribution >= 0.6 is 15.9 Å². The van der Waals surface area contributed by atoms with Crippen molar-refractivity contribution in [2.75, 3.05) is 11.4 Å². The second-order valence-electron chi connectivity index (χ2n) is 7.81. The third-order valence-electron chi connectivity index (χ3n) is 5.86. The molecule has 0 bridgehead atoms. The number of nitriles is 1. The summed E-state index contributed by atoms with van der Waals surface area (Å²) in [5.41, 5.74) is 2.31. The van der Waals surface area contributed by atoms with E-state index in [4.69, 9.17) is 5.26 Å². The van der Waals surface area contributed by atoms with Crippen LogP contribution in [0, 0.1) is 17.1 Å². The van der Waals surface area contributed by atoms with Crippen LogP contribution in [0.1, 0.15) is 60.1 Å². The number of carbonyl (C=O) groups excluding carboxylic acids is 1. The van der Waals surface area contributed by atoms with Crippen LogP contribution in [0.15, 0.2) is 34.9 Å². The molecule has 2 fully saturated rings. The van der Waals surface area contributed by atoms with Crippen molar-refractivity contribution in [3.05, 3.63) is 57.6 Å². The molecule has 0 unspecified atom stereocenters. The summed E-state index contributed by atoms with van der Waals surface area (Å²) in [6.45, 7) is 2.88. The van der Waals surface area contributed by atoms with E-state index >= 15 is 0 Å². The molecule has 0 radical (unpaired) electrons. The molecule has 1 saturated carbocycles. The minimum Gasteiger partial charge on any atom is -0.365 e. The summed E-state index contributed by atoms with van der Waals surface area (Å²) < 4.78 is 15.1. The molecule has 2 heterocycles. The first kappa shape index (κ1) is 19.8. The Balaban J connectivity index is 1.48. The molecule has 150 valence electrons. The Labute approximate surface area is 178 Å². The summed E-state index contributed by atoms with van der Waals surface area (Å²) in [7, 11) is 0. The highest BCUT2D eigenvalue weighted by molar-refractivity contribution is 9.10. The minimum atomic E-state index is -0.451. The van der Waals surface area contributed by atoms with E-state index in [0.717, 1.165) is 43.5 Å². The van der Waals surface area contributed by atoms with E-state index in [-0.39, 0.29) is 23.6 Å². The molecule has 5 nitrogen and oxygen atoms in total. The van der Waals surface area contributed by atoms with Gasteiger partial charge in [0.05, 0.1) is 21.9 Å². The number of nitrogens with zero attached hydrogens (tertiary/aromatic N) is 3. The summed E-state index contributed by atoms with van der Waals surface area (Å²) >= 11 is 3.39. The maximum Gasteiger partial charge on any atom is 0.254 e. The summed E-state index contributed by atoms with van der Waals surface area (Å²) in [5.74, 6) is -0.371. The van der Waals surface area contributed by atoms with Gasteiger partial charge in [-0.15, -0.1) is 0 Å². The van der Waals surface area contributed by atoms with Crippen molar-refractivity contribution in [3.8, 4) is 6.07 Å². The van der Waals surface area contributed by atoms with E-state index in [1.165, 1.54) is 6.07 Å². The average Bonchev–Trinajstić information content (AvgIpc) is 3.54. The van der Waals surface area contributed by atoms with Crippen molar-refractivity contribution in [2.24, 2.45) is 0 Å². The van der Waals surface area contributed by atoms with Gasteiger partial charge in [0.2, 0.25) is 0 Å². The van der Waals surface area contributed by atoms with Crippen LogP contribution in [-0.2, 0) is 0 Å². The number of anilines is 1. The molecule has 1 aromatic heterocycles. The topological polar surface area (TPSA) is 69.0 Å². The molecule has 1 amide bonds. The van der Waals surface area contributed by atoms with Crippen LogP contribution < -0.4 is 10.2 Å². The molecule has 1 aliphatic carbocycles. The van der Waals surface area contributed by atoms with Gasteiger partial charge in [0.15, 0.2) is 5.69 Å². The molecule has 7 heteroatoms. The number of rotatable bonds is 4. The summed E-state index contributed by atoms with van der Waals surface area (Å²) in [6, 6.07) is 8.80. The smallest absolute Gasteiger partial charge is 0.254 e. The summed E-state index contributed by atoms with van der Waals surface area (Å²) in [6.07, 6.45) is 5.60. The van der Waals surface area contributed by atoms with Gasteiger partial charge in [-0.05, 0) is 78.2 Å². The van der Waals surface area contributed by atoms with Crippen molar-refractivity contribution in [3.63, 3.8) is 0 Å². The van der Waals surface area contributed by atoms with E-state index < -0.39 is 5.82 Å². The molecular weight excluding hydrogens is 435 g/mol. The molecule has 1 aromatic carbocycles. The molecule has 1 N–H and O–H groups in total. The first-order valence-corrected chi connectivity index (χ1v) is 10.7. The largest absolute Gasteiger partial charge is 0.365 e. The van der Waals surface area contributed by atoms with Gasteiger partial charge in [-0.1, -0.05) is 6.07 Å². The molecular formula is C22H22BrFN4O. The Kier molecular flexibility index (Phi) is 5.55. The number of piperidine rings is 1. The van der Waals surface area contributed by atoms with Crippen LogP contribution in [0.3, 0.4) is 0 Å². The van der Waals surface area contributed by atoms with Gasteiger partial charge in [-0.25, -0.2) is 9.37 Å². The fourth-order valence-electron chi connectivity index (χ4n) is 4.00. The zero-order chi connectivity index (χ0) is 20.5. The maximum atomic E-state index is 14.5. The molecule has 4 rings (SSSR count). The normalized spacial score (nSPS) is 21.5. The number of carbonyl (C=O) groups is 1. The highest BCUT2D eigenvalue weighted by Gasteiger charge is 2.31. The first-order chi connectivity index (χ1) is 14.0. The Bertz CT molecular complexity index is 985. The lowest BCUT2D eigenvalue weighted by atomic mass is 9.96. The Hall–Kier alpha value is -2.46. The SMILES string of the molecule is C[C@@H]1[C@H](NC(=O)c2ccc(C3CC3)cc2F)CCCN1c1cnc(C#N)c(Br)c1. The number of aromatic nitrogens is 1. The van der Waals surface area contributed by atoms with E-state index in [9.17, 15) is 9.18 Å². The maximum absolute atomic E-state index is 14.5. The fraction of sp³-hybridized carbons (Fsp3) is 0.409. The second-order valence-corrected chi connectivity index (χ2v) is 8.66. The standard InChI is InChI=1S/C22H22BrFN4O/c1-13-20(3-2-8-28(13)16-10-18(23)21(11-25)26-12-16)27-22(29)17-7-6-15(9-19(17)24)14-4-5-14/h6-7,9-10,12-14,20H,2-5,8H2,1H3,(H,27,29)/t13-,20-/m1/s1. The quantitative estimate of drug-likeness (QED) is 0.733. The average molecular weight is 457 g/mol. The number of halogens is 2. The Morgan fingerprint density at radius 2 is 2.14 bits per heavy atom. The number of hydrogen-bond donors (Lipinski definition) is 1. The van der Waals surface area contributed by atoms with Gasteiger partial charge in [0.1, 0.15) is 11.9 Å². The lowest BCUT2D eigenvalue weighted by molar-refractivity contribution is 0.0920. The molecule has 1 saturated heterocycles. The molecule has 2 aromatic rings. The molecule has 2 aliphatic rings. The Morgan fingerprint density at radius 3 is 2.79 bits per heavy atom. The van der Waals surface area contributed by atoms with E-state index in [0.29, 0.717) is 16.1 Å². The highest BCUT2D eigenvalue weighted by Crippen LogP contribution is 2.40. The third kappa shape index (κ3) is 4.13. The number of amides is 1. The Morgan fingerprint density at radius 1 is 1.34 bits per heavy atom. The van der Waals surface area contributed by atoms with Crippen LogP contribution in [-0.4, -0.2) is 29.5 Å². The lowest BCUT2D eigenvalue weighted by Crippen LogP contribution is -2.54. The molecule has 1 aliphatic heterocycles. The number of hydrogen-bond acceptors (Lipinski definition) is 4. The second kappa shape index (κ2) is 8.11. The van der Waals surface area contributed by atoms with Crippen molar-refractivity contribution in [2.45, 2.75) is 50.6 Å². The van der Waals surface area contributed by atoms with Gasteiger partial charge < -0.3 is 10.2 Å². The lowest BCUT2D eigenvalue weighted by Gasteiger charge is -2.41. The van der Waals surface area contributed by atoms with E-state index in [1.807, 2.05) is 25.1 Å².